The number of aromatic nitrogens is 1. The van der Waals surface area contributed by atoms with Gasteiger partial charge in [-0.2, -0.15) is 4.31 Å². The van der Waals surface area contributed by atoms with E-state index < -0.39 is 10.0 Å². The number of ether oxygens (including phenoxy) is 1. The maximum atomic E-state index is 12.5. The van der Waals surface area contributed by atoms with Crippen LogP contribution in [0.5, 0.6) is 0 Å². The molecule has 1 aliphatic heterocycles. The van der Waals surface area contributed by atoms with E-state index in [1.807, 2.05) is 12.1 Å². The Hall–Kier alpha value is -0.730. The van der Waals surface area contributed by atoms with Crippen LogP contribution in [-0.2, 0) is 14.8 Å². The van der Waals surface area contributed by atoms with Gasteiger partial charge in [-0.3, -0.25) is 4.98 Å². The zero-order valence-corrected chi connectivity index (χ0v) is 13.9. The molecule has 0 aromatic carbocycles. The molecule has 6 nitrogen and oxygen atoms in total. The maximum absolute atomic E-state index is 12.5. The molecule has 2 unspecified atom stereocenters. The number of nitrogens with one attached hydrogen (secondary N) is 1. The van der Waals surface area contributed by atoms with Gasteiger partial charge in [0.2, 0.25) is 10.0 Å². The minimum Gasteiger partial charge on any atom is -0.381 e. The van der Waals surface area contributed by atoms with Crippen molar-refractivity contribution in [2.24, 2.45) is 0 Å². The van der Waals surface area contributed by atoms with E-state index in [2.05, 4.69) is 10.3 Å². The second kappa shape index (κ2) is 8.05. The number of hydrogen-bond acceptors (Lipinski definition) is 5. The molecule has 0 aliphatic carbocycles. The third kappa shape index (κ3) is 4.62. The van der Waals surface area contributed by atoms with Crippen LogP contribution < -0.4 is 5.32 Å². The lowest BCUT2D eigenvalue weighted by Crippen LogP contribution is -2.50. The second-order valence-electron chi connectivity index (χ2n) is 4.94. The number of hydrogen-bond donors (Lipinski definition) is 1. The van der Waals surface area contributed by atoms with E-state index in [1.165, 1.54) is 7.11 Å². The van der Waals surface area contributed by atoms with E-state index in [-0.39, 0.29) is 30.3 Å². The summed E-state index contributed by atoms with van der Waals surface area (Å²) in [7, 11) is -1.83. The Labute approximate surface area is 132 Å². The van der Waals surface area contributed by atoms with Gasteiger partial charge >= 0.3 is 0 Å². The van der Waals surface area contributed by atoms with E-state index in [0.29, 0.717) is 19.6 Å². The normalized spacial score (nSPS) is 21.5. The summed E-state index contributed by atoms with van der Waals surface area (Å²) in [5, 5.41) is 3.24. The summed E-state index contributed by atoms with van der Waals surface area (Å²) in [4.78, 5) is 4.08. The van der Waals surface area contributed by atoms with Crippen molar-refractivity contribution in [2.45, 2.75) is 19.1 Å². The third-order valence-electron chi connectivity index (χ3n) is 3.47. The highest BCUT2D eigenvalue weighted by Crippen LogP contribution is 2.25. The molecule has 0 amide bonds. The second-order valence-corrected chi connectivity index (χ2v) is 6.91. The van der Waals surface area contributed by atoms with Crippen LogP contribution in [0.25, 0.3) is 0 Å². The molecule has 2 atom stereocenters. The van der Waals surface area contributed by atoms with Crippen LogP contribution in [-0.4, -0.2) is 56.3 Å². The summed E-state index contributed by atoms with van der Waals surface area (Å²) in [5.41, 5.74) is 0.911. The van der Waals surface area contributed by atoms with Crippen LogP contribution in [0.2, 0.25) is 0 Å². The third-order valence-corrected chi connectivity index (χ3v) is 5.51. The van der Waals surface area contributed by atoms with Crippen molar-refractivity contribution < 1.29 is 13.2 Å². The SMILES string of the molecule is COC(C)CS(=O)(=O)N1CCNCC1c1cccnc1.Cl. The standard InChI is InChI=1S/C13H21N3O3S.ClH/c1-11(19-2)10-20(17,18)16-7-6-15-9-13(16)12-4-3-5-14-8-12;/h3-5,8,11,13,15H,6-7,9-10H2,1-2H3;1H. The number of nitrogens with zero attached hydrogens (tertiary/aromatic N) is 2. The number of pyridine rings is 1. The first-order chi connectivity index (χ1) is 9.54. The van der Waals surface area contributed by atoms with Crippen LogP contribution in [0.4, 0.5) is 0 Å². The van der Waals surface area contributed by atoms with Crippen LogP contribution in [0.3, 0.4) is 0 Å². The fourth-order valence-corrected chi connectivity index (χ4v) is 4.21. The first-order valence-corrected chi connectivity index (χ1v) is 8.28. The maximum Gasteiger partial charge on any atom is 0.217 e. The first-order valence-electron chi connectivity index (χ1n) is 6.67. The van der Waals surface area contributed by atoms with Crippen molar-refractivity contribution in [2.75, 3.05) is 32.5 Å². The molecule has 1 aromatic heterocycles. The fourth-order valence-electron chi connectivity index (χ4n) is 2.34. The minimum absolute atomic E-state index is 0. The molecule has 2 heterocycles. The number of halogens is 1. The zero-order valence-electron chi connectivity index (χ0n) is 12.2. The number of methoxy groups -OCH3 is 1. The van der Waals surface area contributed by atoms with Gasteiger partial charge in [-0.1, -0.05) is 6.07 Å². The summed E-state index contributed by atoms with van der Waals surface area (Å²) >= 11 is 0. The van der Waals surface area contributed by atoms with E-state index in [1.54, 1.807) is 23.6 Å². The van der Waals surface area contributed by atoms with Crippen molar-refractivity contribution >= 4 is 22.4 Å². The Balaban J connectivity index is 0.00000220. The zero-order chi connectivity index (χ0) is 14.6. The highest BCUT2D eigenvalue weighted by molar-refractivity contribution is 7.89. The van der Waals surface area contributed by atoms with Crippen LogP contribution in [0.1, 0.15) is 18.5 Å². The molecular weight excluding hydrogens is 314 g/mol. The highest BCUT2D eigenvalue weighted by Gasteiger charge is 2.34. The molecule has 0 bridgehead atoms. The molecular formula is C13H22ClN3O3S. The number of piperazine rings is 1. The largest absolute Gasteiger partial charge is 0.381 e. The molecule has 2 rings (SSSR count). The van der Waals surface area contributed by atoms with Crippen molar-refractivity contribution in [1.82, 2.24) is 14.6 Å². The Morgan fingerprint density at radius 3 is 2.95 bits per heavy atom. The van der Waals surface area contributed by atoms with Gasteiger partial charge in [0, 0.05) is 39.1 Å². The smallest absolute Gasteiger partial charge is 0.217 e. The van der Waals surface area contributed by atoms with E-state index in [0.717, 1.165) is 5.56 Å². The molecule has 21 heavy (non-hydrogen) atoms. The first kappa shape index (κ1) is 18.3. The Morgan fingerprint density at radius 2 is 2.33 bits per heavy atom. The van der Waals surface area contributed by atoms with Crippen LogP contribution in [0.15, 0.2) is 24.5 Å². The quantitative estimate of drug-likeness (QED) is 0.862. The van der Waals surface area contributed by atoms with E-state index in [9.17, 15) is 8.42 Å². The van der Waals surface area contributed by atoms with Gasteiger partial charge in [-0.05, 0) is 18.6 Å². The van der Waals surface area contributed by atoms with Crippen molar-refractivity contribution in [3.63, 3.8) is 0 Å². The van der Waals surface area contributed by atoms with Gasteiger partial charge in [-0.15, -0.1) is 12.4 Å². The lowest BCUT2D eigenvalue weighted by molar-refractivity contribution is 0.134. The topological polar surface area (TPSA) is 71.5 Å². The van der Waals surface area contributed by atoms with E-state index in [4.69, 9.17) is 4.74 Å². The number of sulfonamides is 1. The lowest BCUT2D eigenvalue weighted by atomic mass is 10.1. The monoisotopic (exact) mass is 335 g/mol. The predicted molar refractivity (Wildman–Crippen MR) is 84.1 cm³/mol. The van der Waals surface area contributed by atoms with Crippen molar-refractivity contribution in [3.8, 4) is 0 Å². The number of rotatable bonds is 5. The highest BCUT2D eigenvalue weighted by atomic mass is 35.5. The van der Waals surface area contributed by atoms with Gasteiger partial charge in [-0.25, -0.2) is 8.42 Å². The summed E-state index contributed by atoms with van der Waals surface area (Å²) in [6.45, 7) is 3.50. The van der Waals surface area contributed by atoms with E-state index >= 15 is 0 Å². The Kier molecular flexibility index (Phi) is 7.02. The Bertz CT molecular complexity index is 527. The predicted octanol–water partition coefficient (Wildman–Crippen LogP) is 0.814. The van der Waals surface area contributed by atoms with Gasteiger partial charge in [0.05, 0.1) is 17.9 Å². The average molecular weight is 336 g/mol. The van der Waals surface area contributed by atoms with Gasteiger partial charge in [0.15, 0.2) is 0 Å². The van der Waals surface area contributed by atoms with Crippen molar-refractivity contribution in [3.05, 3.63) is 30.1 Å². The summed E-state index contributed by atoms with van der Waals surface area (Å²) in [5.74, 6) is 0.000260. The molecule has 120 valence electrons. The molecule has 1 N–H and O–H groups in total. The molecule has 1 aliphatic rings. The summed E-state index contributed by atoms with van der Waals surface area (Å²) in [6, 6.07) is 3.53. The van der Waals surface area contributed by atoms with Crippen LogP contribution >= 0.6 is 12.4 Å². The lowest BCUT2D eigenvalue weighted by Gasteiger charge is -2.35. The fraction of sp³-hybridized carbons (Fsp3) is 0.615. The molecule has 8 heteroatoms. The molecule has 0 radical (unpaired) electrons. The van der Waals surface area contributed by atoms with Gasteiger partial charge < -0.3 is 10.1 Å². The molecule has 1 saturated heterocycles. The molecule has 1 aromatic rings. The summed E-state index contributed by atoms with van der Waals surface area (Å²) in [6.07, 6.45) is 3.09. The van der Waals surface area contributed by atoms with Gasteiger partial charge in [0.25, 0.3) is 0 Å². The van der Waals surface area contributed by atoms with Crippen molar-refractivity contribution in [1.29, 1.82) is 0 Å². The summed E-state index contributed by atoms with van der Waals surface area (Å²) < 4.78 is 31.7. The van der Waals surface area contributed by atoms with Gasteiger partial charge in [0.1, 0.15) is 0 Å². The minimum atomic E-state index is -3.35. The molecule has 0 spiro atoms. The van der Waals surface area contributed by atoms with Crippen LogP contribution in [0, 0.1) is 0 Å². The molecule has 1 fully saturated rings. The average Bonchev–Trinajstić information content (AvgIpc) is 2.47. The molecule has 0 saturated carbocycles. The Morgan fingerprint density at radius 1 is 1.57 bits per heavy atom.